The number of hydrogen-bond acceptors (Lipinski definition) is 0. The van der Waals surface area contributed by atoms with Crippen LogP contribution in [0, 0.1) is 6.07 Å². The zero-order valence-corrected chi connectivity index (χ0v) is 17.0. The molecule has 116 valence electrons. The van der Waals surface area contributed by atoms with Crippen molar-refractivity contribution < 1.29 is 51.0 Å². The molecule has 0 aliphatic heterocycles. The van der Waals surface area contributed by atoms with Crippen molar-refractivity contribution in [2.24, 2.45) is 0 Å². The van der Waals surface area contributed by atoms with Crippen molar-refractivity contribution in [2.45, 2.75) is 19.8 Å². The van der Waals surface area contributed by atoms with Gasteiger partial charge in [0.25, 0.3) is 0 Å². The Hall–Kier alpha value is -0.747. The number of hydrogen-bond donors (Lipinski definition) is 0. The van der Waals surface area contributed by atoms with Gasteiger partial charge in [-0.15, -0.1) is 11.1 Å². The van der Waals surface area contributed by atoms with Crippen LogP contribution in [0.2, 0.25) is 0 Å². The molecule has 0 saturated carbocycles. The summed E-state index contributed by atoms with van der Waals surface area (Å²) in [5.74, 6) is 0. The maximum Gasteiger partial charge on any atom is 4.00 e. The largest absolute Gasteiger partial charge is 4.00 e. The number of fused-ring (bicyclic) bond motifs is 3. The summed E-state index contributed by atoms with van der Waals surface area (Å²) in [6.07, 6.45) is 2.13. The van der Waals surface area contributed by atoms with Crippen molar-refractivity contribution >= 4 is 0 Å². The van der Waals surface area contributed by atoms with Gasteiger partial charge in [-0.1, -0.05) is 48.7 Å². The summed E-state index contributed by atoms with van der Waals surface area (Å²) in [5, 5.41) is 0. The maximum atomic E-state index is 3.52. The molecule has 3 aromatic carbocycles. The summed E-state index contributed by atoms with van der Waals surface area (Å²) >= 11 is 0. The third-order valence-electron chi connectivity index (χ3n) is 3.70. The van der Waals surface area contributed by atoms with Gasteiger partial charge >= 0.3 is 26.2 Å². The Morgan fingerprint density at radius 2 is 1.61 bits per heavy atom. The van der Waals surface area contributed by atoms with E-state index in [-0.39, 0.29) is 51.0 Å². The first-order chi connectivity index (χ1) is 9.88. The van der Waals surface area contributed by atoms with E-state index in [0.29, 0.717) is 0 Å². The van der Waals surface area contributed by atoms with Crippen LogP contribution in [0.1, 0.15) is 23.6 Å². The molecule has 0 saturated heterocycles. The molecule has 1 aliphatic rings. The second-order valence-electron chi connectivity index (χ2n) is 5.03. The first-order valence-electron chi connectivity index (χ1n) is 7.17. The molecule has 23 heavy (non-hydrogen) atoms. The second-order valence-corrected chi connectivity index (χ2v) is 5.03. The molecule has 0 bridgehead atoms. The third-order valence-corrected chi connectivity index (χ3v) is 3.70. The molecule has 3 aromatic rings. The normalized spacial score (nSPS) is 9.78. The van der Waals surface area contributed by atoms with E-state index in [9.17, 15) is 0 Å². The van der Waals surface area contributed by atoms with Gasteiger partial charge in [-0.3, -0.25) is 0 Å². The summed E-state index contributed by atoms with van der Waals surface area (Å²) in [7, 11) is 0. The van der Waals surface area contributed by atoms with Crippen molar-refractivity contribution in [2.75, 3.05) is 0 Å². The molecule has 4 rings (SSSR count). The molecule has 0 atom stereocenters. The molecule has 0 unspecified atom stereocenters. The summed E-state index contributed by atoms with van der Waals surface area (Å²) in [6, 6.07) is 26.6. The Morgan fingerprint density at radius 3 is 2.22 bits per heavy atom. The van der Waals surface area contributed by atoms with Gasteiger partial charge in [0, 0.05) is 0 Å². The monoisotopic (exact) mass is 418 g/mol. The van der Waals surface area contributed by atoms with E-state index < -0.39 is 0 Å². The van der Waals surface area contributed by atoms with Gasteiger partial charge in [-0.25, -0.2) is 12.1 Å². The fraction of sp³-hybridized carbons (Fsp3) is 0.150. The van der Waals surface area contributed by atoms with Crippen LogP contribution in [-0.2, 0) is 39.0 Å². The number of benzene rings is 2. The molecule has 0 aromatic heterocycles. The Morgan fingerprint density at radius 1 is 0.913 bits per heavy atom. The Bertz CT molecular complexity index is 673. The van der Waals surface area contributed by atoms with Crippen LogP contribution < -0.4 is 24.8 Å². The first-order valence-corrected chi connectivity index (χ1v) is 7.17. The molecular weight excluding hydrogens is 402 g/mol. The van der Waals surface area contributed by atoms with Gasteiger partial charge in [-0.05, 0) is 6.42 Å². The molecule has 1 aliphatic carbocycles. The Labute approximate surface area is 170 Å². The Kier molecular flexibility index (Phi) is 10.6. The summed E-state index contributed by atoms with van der Waals surface area (Å²) < 4.78 is 0. The predicted molar refractivity (Wildman–Crippen MR) is 84.9 cm³/mol. The van der Waals surface area contributed by atoms with Crippen LogP contribution in [0.4, 0.5) is 0 Å². The summed E-state index contributed by atoms with van der Waals surface area (Å²) in [5.41, 5.74) is 6.91. The van der Waals surface area contributed by atoms with Crippen molar-refractivity contribution in [1.82, 2.24) is 0 Å². The van der Waals surface area contributed by atoms with Crippen LogP contribution in [0.25, 0.3) is 11.1 Å². The van der Waals surface area contributed by atoms with Crippen LogP contribution in [0.5, 0.6) is 0 Å². The van der Waals surface area contributed by atoms with E-state index in [1.54, 1.807) is 0 Å². The Balaban J connectivity index is 0.000000529. The van der Waals surface area contributed by atoms with Gasteiger partial charge in [0.1, 0.15) is 0 Å². The predicted octanol–water partition coefficient (Wildman–Crippen LogP) is -0.969. The average molecular weight is 420 g/mol. The van der Waals surface area contributed by atoms with E-state index in [1.807, 2.05) is 30.3 Å². The molecular formula is C20H18Cl2Zr. The molecule has 0 spiro atoms. The van der Waals surface area contributed by atoms with Crippen LogP contribution in [0.3, 0.4) is 0 Å². The topological polar surface area (TPSA) is 0 Å². The minimum Gasteiger partial charge on any atom is -1.00 e. The van der Waals surface area contributed by atoms with E-state index in [1.165, 1.54) is 27.8 Å². The molecule has 3 heteroatoms. The van der Waals surface area contributed by atoms with Crippen molar-refractivity contribution in [3.8, 4) is 11.1 Å². The van der Waals surface area contributed by atoms with E-state index in [4.69, 9.17) is 0 Å². The van der Waals surface area contributed by atoms with Gasteiger partial charge in [0.15, 0.2) is 0 Å². The molecule has 0 nitrogen and oxygen atoms in total. The average Bonchev–Trinajstić information content (AvgIpc) is 3.17. The van der Waals surface area contributed by atoms with Crippen LogP contribution in [0.15, 0.2) is 66.7 Å². The van der Waals surface area contributed by atoms with Crippen molar-refractivity contribution in [3.63, 3.8) is 0 Å². The molecule has 0 N–H and O–H groups in total. The minimum atomic E-state index is 0. The third kappa shape index (κ3) is 5.38. The van der Waals surface area contributed by atoms with Crippen molar-refractivity contribution in [3.05, 3.63) is 89.5 Å². The quantitative estimate of drug-likeness (QED) is 0.348. The molecule has 0 fully saturated rings. The molecule has 0 radical (unpaired) electrons. The van der Waals surface area contributed by atoms with Crippen LogP contribution in [-0.4, -0.2) is 0 Å². The van der Waals surface area contributed by atoms with Crippen molar-refractivity contribution in [1.29, 1.82) is 0 Å². The SMILES string of the molecule is CCc1[c-]c2c(cc1)-c1ccccc1C2.[Cl-].[Cl-].[Zr+4].c1cc[cH-]c1. The fourth-order valence-corrected chi connectivity index (χ4v) is 2.63. The van der Waals surface area contributed by atoms with Gasteiger partial charge < -0.3 is 24.8 Å². The van der Waals surface area contributed by atoms with E-state index in [2.05, 4.69) is 49.4 Å². The number of rotatable bonds is 1. The smallest absolute Gasteiger partial charge is 1.00 e. The van der Waals surface area contributed by atoms with E-state index >= 15 is 0 Å². The summed E-state index contributed by atoms with van der Waals surface area (Å²) in [4.78, 5) is 0. The van der Waals surface area contributed by atoms with Crippen LogP contribution >= 0.6 is 0 Å². The molecule has 0 amide bonds. The maximum absolute atomic E-state index is 3.52. The van der Waals surface area contributed by atoms with E-state index in [0.717, 1.165) is 12.8 Å². The van der Waals surface area contributed by atoms with Gasteiger partial charge in [0.2, 0.25) is 0 Å². The minimum absolute atomic E-state index is 0. The first kappa shape index (κ1) is 22.3. The standard InChI is InChI=1S/C15H13.C5H5.2ClH.Zr/c1-2-11-7-8-15-13(9-11)10-12-5-3-4-6-14(12)15;1-2-4-5-3-1;;;/h3-8H,2,10H2,1H3;1-5H;2*1H;/q2*-1;;;+4/p-2. The fourth-order valence-electron chi connectivity index (χ4n) is 2.63. The number of halogens is 2. The van der Waals surface area contributed by atoms with Gasteiger partial charge in [0.05, 0.1) is 0 Å². The molecule has 0 heterocycles. The zero-order chi connectivity index (χ0) is 13.8. The second kappa shape index (κ2) is 10.9. The zero-order valence-electron chi connectivity index (χ0n) is 13.0. The summed E-state index contributed by atoms with van der Waals surface area (Å²) in [6.45, 7) is 2.18. The van der Waals surface area contributed by atoms with Gasteiger partial charge in [-0.2, -0.15) is 42.0 Å². The number of aryl methyl sites for hydroxylation is 1.